The highest BCUT2D eigenvalue weighted by Crippen LogP contribution is 2.09. The van der Waals surface area contributed by atoms with E-state index in [-0.39, 0.29) is 17.9 Å². The zero-order valence-corrected chi connectivity index (χ0v) is 12.8. The van der Waals surface area contributed by atoms with Gasteiger partial charge in [-0.2, -0.15) is 0 Å². The van der Waals surface area contributed by atoms with Crippen molar-refractivity contribution in [3.63, 3.8) is 0 Å². The number of benzene rings is 1. The summed E-state index contributed by atoms with van der Waals surface area (Å²) in [5.41, 5.74) is 2.07. The van der Waals surface area contributed by atoms with E-state index in [0.29, 0.717) is 14.8 Å². The number of hydrogen-bond donors (Lipinski definition) is 0. The molecule has 2 rings (SSSR count). The molecule has 0 saturated carbocycles. The van der Waals surface area contributed by atoms with Crippen LogP contribution in [0.25, 0.3) is 0 Å². The van der Waals surface area contributed by atoms with Crippen molar-refractivity contribution in [2.24, 2.45) is 0 Å². The van der Waals surface area contributed by atoms with Crippen LogP contribution >= 0.6 is 22.6 Å². The van der Waals surface area contributed by atoms with Crippen molar-refractivity contribution in [1.82, 2.24) is 9.55 Å². The van der Waals surface area contributed by atoms with E-state index in [9.17, 15) is 9.59 Å². The monoisotopic (exact) mass is 368 g/mol. The molecule has 0 unspecified atom stereocenters. The highest BCUT2D eigenvalue weighted by Gasteiger charge is 2.12. The minimum absolute atomic E-state index is 0.0208. The van der Waals surface area contributed by atoms with Gasteiger partial charge in [-0.1, -0.05) is 24.3 Å². The second kappa shape index (κ2) is 5.64. The largest absolute Gasteiger partial charge is 0.292 e. The van der Waals surface area contributed by atoms with Crippen LogP contribution in [0.2, 0.25) is 0 Å². The molecule has 0 fully saturated rings. The lowest BCUT2D eigenvalue weighted by Crippen LogP contribution is -2.27. The van der Waals surface area contributed by atoms with Gasteiger partial charge in [0.05, 0.1) is 22.1 Å². The number of aromatic nitrogens is 2. The first-order valence-electron chi connectivity index (χ1n) is 5.81. The molecule has 0 aliphatic heterocycles. The molecular formula is C14H13IN2O2. The summed E-state index contributed by atoms with van der Waals surface area (Å²) in [5.74, 6) is -0.0818. The van der Waals surface area contributed by atoms with Crippen LogP contribution in [0, 0.1) is 17.4 Å². The van der Waals surface area contributed by atoms with E-state index >= 15 is 0 Å². The van der Waals surface area contributed by atoms with Crippen LogP contribution in [0.15, 0.2) is 35.4 Å². The van der Waals surface area contributed by atoms with Gasteiger partial charge in [-0.15, -0.1) is 0 Å². The highest BCUT2D eigenvalue weighted by molar-refractivity contribution is 14.1. The van der Waals surface area contributed by atoms with Crippen LogP contribution in [-0.4, -0.2) is 15.3 Å². The first-order chi connectivity index (χ1) is 9.00. The molecule has 0 N–H and O–H groups in total. The van der Waals surface area contributed by atoms with Gasteiger partial charge in [0.15, 0.2) is 5.78 Å². The van der Waals surface area contributed by atoms with Crippen molar-refractivity contribution in [3.05, 3.63) is 61.3 Å². The fourth-order valence-corrected chi connectivity index (χ4v) is 2.23. The van der Waals surface area contributed by atoms with Gasteiger partial charge >= 0.3 is 0 Å². The number of halogens is 1. The van der Waals surface area contributed by atoms with Gasteiger partial charge in [-0.3, -0.25) is 14.2 Å². The number of rotatable bonds is 3. The molecule has 19 heavy (non-hydrogen) atoms. The van der Waals surface area contributed by atoms with Gasteiger partial charge in [0, 0.05) is 5.56 Å². The molecule has 1 aromatic heterocycles. The van der Waals surface area contributed by atoms with Crippen LogP contribution in [0.5, 0.6) is 0 Å². The number of ketones is 1. The van der Waals surface area contributed by atoms with Crippen molar-refractivity contribution in [3.8, 4) is 0 Å². The molecule has 1 heterocycles. The number of Topliss-reactive ketones (excluding diaryl/α,β-unsaturated/α-hetero) is 1. The first-order valence-corrected chi connectivity index (χ1v) is 6.89. The highest BCUT2D eigenvalue weighted by atomic mass is 127. The summed E-state index contributed by atoms with van der Waals surface area (Å²) < 4.78 is 1.90. The lowest BCUT2D eigenvalue weighted by atomic mass is 10.1. The number of carbonyl (C=O) groups is 1. The van der Waals surface area contributed by atoms with Gasteiger partial charge in [0.1, 0.15) is 0 Å². The van der Waals surface area contributed by atoms with Gasteiger partial charge < -0.3 is 0 Å². The average Bonchev–Trinajstić information content (AvgIpc) is 2.40. The Balaban J connectivity index is 2.33. The van der Waals surface area contributed by atoms with Crippen LogP contribution in [0.3, 0.4) is 0 Å². The van der Waals surface area contributed by atoms with Gasteiger partial charge in [-0.25, -0.2) is 4.98 Å². The van der Waals surface area contributed by atoms with Crippen molar-refractivity contribution in [1.29, 1.82) is 0 Å². The molecule has 0 saturated heterocycles. The van der Waals surface area contributed by atoms with Crippen LogP contribution in [0.4, 0.5) is 0 Å². The summed E-state index contributed by atoms with van der Waals surface area (Å²) in [4.78, 5) is 28.3. The van der Waals surface area contributed by atoms with E-state index in [1.165, 1.54) is 10.9 Å². The maximum Gasteiger partial charge on any atom is 0.267 e. The third-order valence-corrected chi connectivity index (χ3v) is 4.16. The van der Waals surface area contributed by atoms with E-state index in [0.717, 1.165) is 5.56 Å². The van der Waals surface area contributed by atoms with Gasteiger partial charge in [0.2, 0.25) is 0 Å². The third-order valence-electron chi connectivity index (χ3n) is 2.92. The number of carbonyl (C=O) groups excluding carboxylic acids is 1. The van der Waals surface area contributed by atoms with E-state index < -0.39 is 0 Å². The molecule has 0 aliphatic carbocycles. The second-order valence-electron chi connectivity index (χ2n) is 4.32. The third kappa shape index (κ3) is 2.91. The topological polar surface area (TPSA) is 52.0 Å². The Kier molecular flexibility index (Phi) is 4.14. The molecule has 1 aromatic carbocycles. The summed E-state index contributed by atoms with van der Waals surface area (Å²) >= 11 is 1.96. The van der Waals surface area contributed by atoms with Crippen LogP contribution < -0.4 is 5.56 Å². The summed E-state index contributed by atoms with van der Waals surface area (Å²) in [6.45, 7) is 3.68. The molecule has 0 spiro atoms. The Bertz CT molecular complexity index is 692. The van der Waals surface area contributed by atoms with E-state index in [1.807, 2.05) is 47.7 Å². The quantitative estimate of drug-likeness (QED) is 0.618. The Labute approximate surface area is 124 Å². The lowest BCUT2D eigenvalue weighted by molar-refractivity contribution is 0.0969. The van der Waals surface area contributed by atoms with Gasteiger partial charge in [-0.05, 0) is 42.0 Å². The molecule has 0 amide bonds. The van der Waals surface area contributed by atoms with Crippen molar-refractivity contribution >= 4 is 28.4 Å². The molecule has 0 radical (unpaired) electrons. The molecule has 0 aliphatic rings. The molecule has 0 atom stereocenters. The van der Waals surface area contributed by atoms with Crippen molar-refractivity contribution < 1.29 is 4.79 Å². The standard InChI is InChI=1S/C14H13IN2O2/c1-9-5-3-4-6-11(9)12(18)7-17-8-16-10(2)13(15)14(17)19/h3-6,8H,7H2,1-2H3. The predicted molar refractivity (Wildman–Crippen MR) is 81.5 cm³/mol. The summed E-state index contributed by atoms with van der Waals surface area (Å²) in [6.07, 6.45) is 1.43. The van der Waals surface area contributed by atoms with E-state index in [2.05, 4.69) is 4.98 Å². The molecule has 5 heteroatoms. The smallest absolute Gasteiger partial charge is 0.267 e. The minimum Gasteiger partial charge on any atom is -0.292 e. The molecule has 98 valence electrons. The summed E-state index contributed by atoms with van der Waals surface area (Å²) in [6, 6.07) is 7.36. The Hall–Kier alpha value is -1.50. The zero-order valence-electron chi connectivity index (χ0n) is 10.7. The summed E-state index contributed by atoms with van der Waals surface area (Å²) in [5, 5.41) is 0. The maximum absolute atomic E-state index is 12.2. The van der Waals surface area contributed by atoms with Crippen molar-refractivity contribution in [2.75, 3.05) is 0 Å². The average molecular weight is 368 g/mol. The van der Waals surface area contributed by atoms with Gasteiger partial charge in [0.25, 0.3) is 5.56 Å². The fraction of sp³-hybridized carbons (Fsp3) is 0.214. The lowest BCUT2D eigenvalue weighted by Gasteiger charge is -2.08. The van der Waals surface area contributed by atoms with E-state index in [1.54, 1.807) is 13.0 Å². The molecule has 0 bridgehead atoms. The van der Waals surface area contributed by atoms with E-state index in [4.69, 9.17) is 0 Å². The van der Waals surface area contributed by atoms with Crippen LogP contribution in [-0.2, 0) is 6.54 Å². The molecule has 2 aromatic rings. The first kappa shape index (κ1) is 13.9. The fourth-order valence-electron chi connectivity index (χ4n) is 1.78. The Morgan fingerprint density at radius 1 is 1.32 bits per heavy atom. The number of hydrogen-bond acceptors (Lipinski definition) is 3. The molecule has 4 nitrogen and oxygen atoms in total. The SMILES string of the molecule is Cc1ccccc1C(=O)Cn1cnc(C)c(I)c1=O. The molecular weight excluding hydrogens is 355 g/mol. The maximum atomic E-state index is 12.2. The minimum atomic E-state index is -0.171. The zero-order chi connectivity index (χ0) is 14.0. The Morgan fingerprint density at radius 2 is 2.00 bits per heavy atom. The Morgan fingerprint density at radius 3 is 2.68 bits per heavy atom. The number of aryl methyl sites for hydroxylation is 2. The second-order valence-corrected chi connectivity index (χ2v) is 5.39. The predicted octanol–water partition coefficient (Wildman–Crippen LogP) is 2.35. The summed E-state index contributed by atoms with van der Waals surface area (Å²) in [7, 11) is 0. The number of nitrogens with zero attached hydrogens (tertiary/aromatic N) is 2. The van der Waals surface area contributed by atoms with Crippen LogP contribution in [0.1, 0.15) is 21.6 Å². The normalized spacial score (nSPS) is 10.5. The van der Waals surface area contributed by atoms with Crippen molar-refractivity contribution in [2.45, 2.75) is 20.4 Å².